The van der Waals surface area contributed by atoms with Crippen LogP contribution in [0.15, 0.2) is 47.3 Å². The van der Waals surface area contributed by atoms with Crippen LogP contribution < -0.4 is 5.32 Å². The van der Waals surface area contributed by atoms with Crippen molar-refractivity contribution in [1.82, 2.24) is 25.2 Å². The molecule has 3 heterocycles. The molecule has 1 saturated heterocycles. The number of hydrogen-bond acceptors (Lipinski definition) is 5. The van der Waals surface area contributed by atoms with E-state index in [1.165, 1.54) is 17.0 Å². The molecule has 2 amide bonds. The van der Waals surface area contributed by atoms with Crippen LogP contribution in [0.2, 0.25) is 0 Å². The highest BCUT2D eigenvalue weighted by atomic mass is 19.1. The Kier molecular flexibility index (Phi) is 8.78. The Labute approximate surface area is 205 Å². The van der Waals surface area contributed by atoms with Crippen LogP contribution >= 0.6 is 0 Å². The number of carbonyl (C=O) groups is 2. The van der Waals surface area contributed by atoms with E-state index in [9.17, 15) is 14.0 Å². The first kappa shape index (κ1) is 26.1. The molecule has 8 nitrogen and oxygen atoms in total. The average Bonchev–Trinajstić information content (AvgIpc) is 3.56. The van der Waals surface area contributed by atoms with Crippen LogP contribution in [0.4, 0.5) is 4.39 Å². The van der Waals surface area contributed by atoms with Crippen molar-refractivity contribution >= 4 is 11.8 Å². The second-order valence-corrected chi connectivity index (χ2v) is 9.31. The van der Waals surface area contributed by atoms with Gasteiger partial charge in [0.1, 0.15) is 12.3 Å². The Balaban J connectivity index is 0.000000607. The van der Waals surface area contributed by atoms with Crippen molar-refractivity contribution in [3.8, 4) is 11.3 Å². The van der Waals surface area contributed by atoms with Gasteiger partial charge in [0.05, 0.1) is 17.9 Å². The maximum Gasteiger partial charge on any atom is 0.243 e. The van der Waals surface area contributed by atoms with Gasteiger partial charge in [-0.3, -0.25) is 14.3 Å². The van der Waals surface area contributed by atoms with Crippen molar-refractivity contribution in [2.75, 3.05) is 6.54 Å². The van der Waals surface area contributed by atoms with E-state index in [1.54, 1.807) is 24.2 Å². The van der Waals surface area contributed by atoms with Crippen LogP contribution in [-0.2, 0) is 16.6 Å². The maximum absolute atomic E-state index is 13.4. The molecule has 1 N–H and O–H groups in total. The summed E-state index contributed by atoms with van der Waals surface area (Å²) in [7, 11) is 1.71. The molecule has 0 bridgehead atoms. The molecule has 2 unspecified atom stereocenters. The molecule has 9 heteroatoms. The lowest BCUT2D eigenvalue weighted by Gasteiger charge is -2.27. The van der Waals surface area contributed by atoms with Gasteiger partial charge < -0.3 is 14.7 Å². The molecule has 35 heavy (non-hydrogen) atoms. The highest BCUT2D eigenvalue weighted by Gasteiger charge is 2.34. The summed E-state index contributed by atoms with van der Waals surface area (Å²) in [4.78, 5) is 27.1. The van der Waals surface area contributed by atoms with Crippen LogP contribution in [0.3, 0.4) is 0 Å². The molecule has 2 aromatic heterocycles. The molecule has 188 valence electrons. The normalized spacial score (nSPS) is 16.1. The first-order valence-electron chi connectivity index (χ1n) is 11.9. The summed E-state index contributed by atoms with van der Waals surface area (Å²) in [5.74, 6) is -0.286. The molecule has 2 atom stereocenters. The topological polar surface area (TPSA) is 93.3 Å². The molecule has 0 saturated carbocycles. The van der Waals surface area contributed by atoms with Gasteiger partial charge in [-0.25, -0.2) is 0 Å². The fourth-order valence-electron chi connectivity index (χ4n) is 4.39. The van der Waals surface area contributed by atoms with Gasteiger partial charge >= 0.3 is 0 Å². The number of halogens is 1. The summed E-state index contributed by atoms with van der Waals surface area (Å²) in [6, 6.07) is 8.38. The third kappa shape index (κ3) is 6.77. The van der Waals surface area contributed by atoms with Crippen molar-refractivity contribution in [2.24, 2.45) is 13.0 Å². The van der Waals surface area contributed by atoms with E-state index in [4.69, 9.17) is 0 Å². The number of aromatic nitrogens is 3. The first-order valence-corrected chi connectivity index (χ1v) is 11.9. The number of nitrogens with zero attached hydrogens (tertiary/aromatic N) is 4. The summed E-state index contributed by atoms with van der Waals surface area (Å²) in [5, 5.41) is 10.2. The van der Waals surface area contributed by atoms with Gasteiger partial charge in [-0.2, -0.15) is 4.39 Å². The molecule has 1 aliphatic heterocycles. The predicted molar refractivity (Wildman–Crippen MR) is 131 cm³/mol. The first-order chi connectivity index (χ1) is 16.7. The highest BCUT2D eigenvalue weighted by Crippen LogP contribution is 2.27. The predicted octanol–water partition coefficient (Wildman–Crippen LogP) is 4.42. The van der Waals surface area contributed by atoms with Crippen LogP contribution in [-0.4, -0.2) is 44.2 Å². The van der Waals surface area contributed by atoms with E-state index in [1.807, 2.05) is 45.9 Å². The van der Waals surface area contributed by atoms with Crippen molar-refractivity contribution in [3.05, 3.63) is 59.9 Å². The molecule has 0 spiro atoms. The Morgan fingerprint density at radius 2 is 2.03 bits per heavy atom. The number of rotatable bonds is 6. The number of benzene rings is 1. The van der Waals surface area contributed by atoms with Gasteiger partial charge in [-0.05, 0) is 55.9 Å². The third-order valence-electron chi connectivity index (χ3n) is 6.05. The minimum atomic E-state index is -0.511. The monoisotopic (exact) mass is 483 g/mol. The van der Waals surface area contributed by atoms with Crippen LogP contribution in [0.5, 0.6) is 0 Å². The molecule has 0 aliphatic carbocycles. The zero-order valence-corrected chi connectivity index (χ0v) is 21.0. The lowest BCUT2D eigenvalue weighted by molar-refractivity contribution is -0.139. The minimum absolute atomic E-state index is 0.0549. The molecule has 4 rings (SSSR count). The number of amides is 2. The van der Waals surface area contributed by atoms with Crippen molar-refractivity contribution < 1.29 is 18.5 Å². The van der Waals surface area contributed by atoms with E-state index in [2.05, 4.69) is 20.1 Å². The van der Waals surface area contributed by atoms with Gasteiger partial charge in [0.15, 0.2) is 0 Å². The fourth-order valence-corrected chi connectivity index (χ4v) is 4.39. The van der Waals surface area contributed by atoms with Crippen molar-refractivity contribution in [3.63, 3.8) is 0 Å². The standard InChI is InChI=1S/C23H31FN4O2.C3H3NO/c1-14(2)11-22(29)28-10-6-7-19(28)23(30)25-16(4)18-9-8-17(12-15(18)3)20-13-21(24)26-27(20)5;1-2-4-5-3-1/h8-9,12-14,16,19H,6-7,10-11H2,1-5H3,(H,25,30);1-3H. The second kappa shape index (κ2) is 11.8. The fraction of sp³-hybridized carbons (Fsp3) is 0.462. The molecule has 3 aromatic rings. The zero-order valence-electron chi connectivity index (χ0n) is 21.0. The summed E-state index contributed by atoms with van der Waals surface area (Å²) >= 11 is 0. The van der Waals surface area contributed by atoms with Gasteiger partial charge in [-0.15, -0.1) is 5.10 Å². The largest absolute Gasteiger partial charge is 0.365 e. The Morgan fingerprint density at radius 3 is 2.57 bits per heavy atom. The second-order valence-electron chi connectivity index (χ2n) is 9.31. The Morgan fingerprint density at radius 1 is 1.26 bits per heavy atom. The SMILES string of the molecule is Cc1cc(-c2cc(F)nn2C)ccc1C(C)NC(=O)C1CCCN1C(=O)CC(C)C.c1cnoc1. The quantitative estimate of drug-likeness (QED) is 0.560. The number of carbonyl (C=O) groups excluding carboxylic acids is 2. The van der Waals surface area contributed by atoms with Crippen molar-refractivity contribution in [2.45, 2.75) is 59.0 Å². The molecular formula is C26H34FN5O3. The molecule has 1 aromatic carbocycles. The summed E-state index contributed by atoms with van der Waals surface area (Å²) < 4.78 is 19.3. The van der Waals surface area contributed by atoms with Gasteiger partial charge in [0.2, 0.25) is 17.8 Å². The van der Waals surface area contributed by atoms with Crippen molar-refractivity contribution in [1.29, 1.82) is 0 Å². The number of aryl methyl sites for hydroxylation is 2. The number of hydrogen-bond donors (Lipinski definition) is 1. The van der Waals surface area contributed by atoms with Gasteiger partial charge in [0.25, 0.3) is 0 Å². The lowest BCUT2D eigenvalue weighted by Crippen LogP contribution is -2.46. The minimum Gasteiger partial charge on any atom is -0.365 e. The molecule has 1 fully saturated rings. The lowest BCUT2D eigenvalue weighted by atomic mass is 9.98. The van der Waals surface area contributed by atoms with E-state index >= 15 is 0 Å². The zero-order chi connectivity index (χ0) is 25.5. The number of nitrogens with one attached hydrogen (secondary N) is 1. The maximum atomic E-state index is 13.4. The van der Waals surface area contributed by atoms with E-state index in [0.29, 0.717) is 25.1 Å². The van der Waals surface area contributed by atoms with Gasteiger partial charge in [0, 0.05) is 31.6 Å². The smallest absolute Gasteiger partial charge is 0.243 e. The molecule has 0 radical (unpaired) electrons. The average molecular weight is 484 g/mol. The summed E-state index contributed by atoms with van der Waals surface area (Å²) in [6.45, 7) is 8.59. The van der Waals surface area contributed by atoms with Crippen LogP contribution in [0, 0.1) is 18.8 Å². The molecule has 1 aliphatic rings. The molecular weight excluding hydrogens is 449 g/mol. The highest BCUT2D eigenvalue weighted by molar-refractivity contribution is 5.88. The van der Waals surface area contributed by atoms with E-state index in [-0.39, 0.29) is 23.8 Å². The Hall–Kier alpha value is -3.49. The van der Waals surface area contributed by atoms with Crippen LogP contribution in [0.25, 0.3) is 11.3 Å². The van der Waals surface area contributed by atoms with Gasteiger partial charge in [-0.1, -0.05) is 31.1 Å². The third-order valence-corrected chi connectivity index (χ3v) is 6.05. The Bertz CT molecular complexity index is 1110. The van der Waals surface area contributed by atoms with Crippen LogP contribution in [0.1, 0.15) is 57.2 Å². The van der Waals surface area contributed by atoms with E-state index in [0.717, 1.165) is 23.1 Å². The summed E-state index contributed by atoms with van der Waals surface area (Å²) in [6.07, 6.45) is 5.12. The number of likely N-dealkylation sites (tertiary alicyclic amines) is 1. The summed E-state index contributed by atoms with van der Waals surface area (Å²) in [5.41, 5.74) is 3.56. The van der Waals surface area contributed by atoms with E-state index < -0.39 is 12.0 Å².